The average Bonchev–Trinajstić information content (AvgIpc) is 2.65. The normalized spacial score (nSPS) is 17.2. The zero-order valence-corrected chi connectivity index (χ0v) is 14.0. The van der Waals surface area contributed by atoms with E-state index in [9.17, 15) is 9.18 Å². The second-order valence-corrected chi connectivity index (χ2v) is 6.04. The molecule has 0 bridgehead atoms. The molecule has 3 rings (SSSR count). The predicted molar refractivity (Wildman–Crippen MR) is 95.3 cm³/mol. The first kappa shape index (κ1) is 17.2. The third-order valence-corrected chi connectivity index (χ3v) is 4.35. The quantitative estimate of drug-likeness (QED) is 0.883. The number of nitrogens with one attached hydrogen (secondary N) is 1. The number of hydrogen-bond acceptors (Lipinski definition) is 3. The maximum Gasteiger partial charge on any atom is 0.322 e. The molecule has 1 aliphatic heterocycles. The molecule has 2 aromatic rings. The maximum absolute atomic E-state index is 13.8. The molecule has 1 atom stereocenters. The number of benzene rings is 2. The minimum Gasteiger partial charge on any atom is -0.452 e. The molecule has 0 aromatic heterocycles. The minimum absolute atomic E-state index is 0.0494. The Balaban J connectivity index is 1.76. The highest BCUT2D eigenvalue weighted by Gasteiger charge is 2.26. The molecular formula is C19H22FN3O2. The van der Waals surface area contributed by atoms with Gasteiger partial charge in [-0.2, -0.15) is 0 Å². The monoisotopic (exact) mass is 343 g/mol. The van der Waals surface area contributed by atoms with Gasteiger partial charge in [0, 0.05) is 19.1 Å². The van der Waals surface area contributed by atoms with Crippen LogP contribution in [-0.2, 0) is 0 Å². The van der Waals surface area contributed by atoms with E-state index in [1.807, 2.05) is 0 Å². The van der Waals surface area contributed by atoms with Crippen LogP contribution >= 0.6 is 0 Å². The highest BCUT2D eigenvalue weighted by Crippen LogP contribution is 2.31. The fourth-order valence-electron chi connectivity index (χ4n) is 3.00. The van der Waals surface area contributed by atoms with Gasteiger partial charge in [-0.1, -0.05) is 24.3 Å². The van der Waals surface area contributed by atoms with Crippen LogP contribution in [0.25, 0.3) is 0 Å². The van der Waals surface area contributed by atoms with E-state index in [1.54, 1.807) is 47.4 Å². The van der Waals surface area contributed by atoms with Crippen LogP contribution in [0.2, 0.25) is 0 Å². The number of nitrogens with zero attached hydrogens (tertiary/aromatic N) is 1. The number of rotatable bonds is 4. The molecule has 1 heterocycles. The molecule has 2 amide bonds. The van der Waals surface area contributed by atoms with Gasteiger partial charge < -0.3 is 20.7 Å². The molecule has 1 saturated heterocycles. The number of para-hydroxylation sites is 3. The first-order chi connectivity index (χ1) is 12.2. The Kier molecular flexibility index (Phi) is 5.50. The van der Waals surface area contributed by atoms with Crippen molar-refractivity contribution in [3.05, 3.63) is 54.3 Å². The molecular weight excluding hydrogens is 321 g/mol. The van der Waals surface area contributed by atoms with Gasteiger partial charge in [-0.3, -0.25) is 0 Å². The Labute approximate surface area is 146 Å². The summed E-state index contributed by atoms with van der Waals surface area (Å²) in [4.78, 5) is 14.4. The van der Waals surface area contributed by atoms with Gasteiger partial charge >= 0.3 is 6.03 Å². The van der Waals surface area contributed by atoms with Crippen molar-refractivity contribution in [1.29, 1.82) is 0 Å². The minimum atomic E-state index is -0.456. The van der Waals surface area contributed by atoms with Crippen molar-refractivity contribution >= 4 is 11.7 Å². The molecule has 6 heteroatoms. The number of anilines is 1. The van der Waals surface area contributed by atoms with Crippen molar-refractivity contribution in [2.75, 3.05) is 18.4 Å². The third-order valence-electron chi connectivity index (χ3n) is 4.35. The zero-order chi connectivity index (χ0) is 17.6. The lowest BCUT2D eigenvalue weighted by Gasteiger charge is -2.35. The second-order valence-electron chi connectivity index (χ2n) is 6.04. The Hall–Kier alpha value is -2.60. The van der Waals surface area contributed by atoms with Crippen LogP contribution in [0.3, 0.4) is 0 Å². The predicted octanol–water partition coefficient (Wildman–Crippen LogP) is 3.96. The van der Waals surface area contributed by atoms with Crippen LogP contribution in [0.1, 0.15) is 19.3 Å². The standard InChI is InChI=1S/C19H22FN3O2/c20-15-8-1-3-10-17(15)25-18-11-4-2-9-16(18)22-19(24)23-12-6-5-7-14(23)13-21/h1-4,8-11,14H,5-7,12-13,21H2,(H,22,24)/t14-/m1/s1. The van der Waals surface area contributed by atoms with E-state index < -0.39 is 5.82 Å². The molecule has 3 N–H and O–H groups in total. The van der Waals surface area contributed by atoms with Gasteiger partial charge in [0.1, 0.15) is 0 Å². The smallest absolute Gasteiger partial charge is 0.322 e. The van der Waals surface area contributed by atoms with Crippen LogP contribution < -0.4 is 15.8 Å². The highest BCUT2D eigenvalue weighted by atomic mass is 19.1. The summed E-state index contributed by atoms with van der Waals surface area (Å²) in [6.07, 6.45) is 2.97. The van der Waals surface area contributed by atoms with Crippen molar-refractivity contribution in [2.45, 2.75) is 25.3 Å². The Morgan fingerprint density at radius 2 is 1.88 bits per heavy atom. The summed E-state index contributed by atoms with van der Waals surface area (Å²) in [6.45, 7) is 1.13. The number of urea groups is 1. The van der Waals surface area contributed by atoms with Crippen LogP contribution in [0.4, 0.5) is 14.9 Å². The van der Waals surface area contributed by atoms with E-state index >= 15 is 0 Å². The Morgan fingerprint density at radius 1 is 1.16 bits per heavy atom. The van der Waals surface area contributed by atoms with Gasteiger partial charge in [-0.05, 0) is 43.5 Å². The molecule has 25 heavy (non-hydrogen) atoms. The third kappa shape index (κ3) is 4.09. The first-order valence-electron chi connectivity index (χ1n) is 8.48. The van der Waals surface area contributed by atoms with Gasteiger partial charge in [-0.15, -0.1) is 0 Å². The molecule has 5 nitrogen and oxygen atoms in total. The number of piperidine rings is 1. The number of amides is 2. The fourth-order valence-corrected chi connectivity index (χ4v) is 3.00. The number of carbonyl (C=O) groups is 1. The van der Waals surface area contributed by atoms with E-state index in [4.69, 9.17) is 10.5 Å². The Bertz CT molecular complexity index is 738. The van der Waals surface area contributed by atoms with Crippen molar-refractivity contribution in [1.82, 2.24) is 4.90 Å². The largest absolute Gasteiger partial charge is 0.452 e. The van der Waals surface area contributed by atoms with Crippen molar-refractivity contribution in [3.63, 3.8) is 0 Å². The van der Waals surface area contributed by atoms with Crippen LogP contribution in [0, 0.1) is 5.82 Å². The van der Waals surface area contributed by atoms with Gasteiger partial charge in [-0.25, -0.2) is 9.18 Å². The van der Waals surface area contributed by atoms with Crippen LogP contribution in [0.5, 0.6) is 11.5 Å². The van der Waals surface area contributed by atoms with Gasteiger partial charge in [0.25, 0.3) is 0 Å². The summed E-state index contributed by atoms with van der Waals surface area (Å²) >= 11 is 0. The molecule has 132 valence electrons. The second kappa shape index (κ2) is 7.98. The van der Waals surface area contributed by atoms with E-state index in [1.165, 1.54) is 6.07 Å². The van der Waals surface area contributed by atoms with Crippen molar-refractivity contribution in [2.24, 2.45) is 5.73 Å². The van der Waals surface area contributed by atoms with Gasteiger partial charge in [0.15, 0.2) is 17.3 Å². The van der Waals surface area contributed by atoms with Gasteiger partial charge in [0.05, 0.1) is 5.69 Å². The summed E-state index contributed by atoms with van der Waals surface area (Å²) in [7, 11) is 0. The van der Waals surface area contributed by atoms with E-state index in [0.717, 1.165) is 19.3 Å². The highest BCUT2D eigenvalue weighted by molar-refractivity contribution is 5.91. The van der Waals surface area contributed by atoms with Gasteiger partial charge in [0.2, 0.25) is 0 Å². The summed E-state index contributed by atoms with van der Waals surface area (Å²) < 4.78 is 19.5. The number of nitrogens with two attached hydrogens (primary N) is 1. The molecule has 1 aliphatic rings. The molecule has 0 unspecified atom stereocenters. The van der Waals surface area contributed by atoms with E-state index in [-0.39, 0.29) is 17.8 Å². The molecule has 0 spiro atoms. The number of likely N-dealkylation sites (tertiary alicyclic amines) is 1. The molecule has 2 aromatic carbocycles. The van der Waals surface area contributed by atoms with Crippen molar-refractivity contribution in [3.8, 4) is 11.5 Å². The van der Waals surface area contributed by atoms with Crippen LogP contribution in [0.15, 0.2) is 48.5 Å². The van der Waals surface area contributed by atoms with Crippen LogP contribution in [-0.4, -0.2) is 30.1 Å². The van der Waals surface area contributed by atoms with E-state index in [0.29, 0.717) is 24.5 Å². The zero-order valence-electron chi connectivity index (χ0n) is 14.0. The lowest BCUT2D eigenvalue weighted by Crippen LogP contribution is -2.49. The summed E-state index contributed by atoms with van der Waals surface area (Å²) in [5.74, 6) is 0.0483. The topological polar surface area (TPSA) is 67.6 Å². The van der Waals surface area contributed by atoms with E-state index in [2.05, 4.69) is 5.32 Å². The summed E-state index contributed by atoms with van der Waals surface area (Å²) in [5.41, 5.74) is 6.28. The summed E-state index contributed by atoms with van der Waals surface area (Å²) in [6, 6.07) is 13.0. The summed E-state index contributed by atoms with van der Waals surface area (Å²) in [5, 5.41) is 2.87. The maximum atomic E-state index is 13.8. The number of ether oxygens (including phenoxy) is 1. The molecule has 0 aliphatic carbocycles. The lowest BCUT2D eigenvalue weighted by molar-refractivity contribution is 0.166. The molecule has 0 saturated carbocycles. The molecule has 1 fully saturated rings. The fraction of sp³-hybridized carbons (Fsp3) is 0.316. The van der Waals surface area contributed by atoms with Crippen molar-refractivity contribution < 1.29 is 13.9 Å². The number of hydrogen-bond donors (Lipinski definition) is 2. The molecule has 0 radical (unpaired) electrons. The number of halogens is 1. The number of carbonyl (C=O) groups excluding carboxylic acids is 1. The SMILES string of the molecule is NC[C@H]1CCCCN1C(=O)Nc1ccccc1Oc1ccccc1F. The average molecular weight is 343 g/mol. The Morgan fingerprint density at radius 3 is 2.64 bits per heavy atom. The lowest BCUT2D eigenvalue weighted by atomic mass is 10.0. The first-order valence-corrected chi connectivity index (χ1v) is 8.48.